The maximum absolute atomic E-state index is 14.5. The van der Waals surface area contributed by atoms with Crippen LogP contribution in [-0.4, -0.2) is 58.3 Å². The number of benzene rings is 2. The van der Waals surface area contributed by atoms with Crippen molar-refractivity contribution in [2.45, 2.75) is 13.0 Å². The molecule has 10 nitrogen and oxygen atoms in total. The van der Waals surface area contributed by atoms with E-state index in [4.69, 9.17) is 22.1 Å². The van der Waals surface area contributed by atoms with Crippen LogP contribution < -0.4 is 21.3 Å². The molecule has 3 heterocycles. The van der Waals surface area contributed by atoms with E-state index in [2.05, 4.69) is 25.6 Å². The normalized spacial score (nSPS) is 14.2. The number of anilines is 3. The van der Waals surface area contributed by atoms with Crippen LogP contribution in [0.4, 0.5) is 21.7 Å². The lowest BCUT2D eigenvalue weighted by molar-refractivity contribution is 0.0933. The highest BCUT2D eigenvalue weighted by atomic mass is 35.5. The van der Waals surface area contributed by atoms with Gasteiger partial charge in [-0.05, 0) is 42.8 Å². The van der Waals surface area contributed by atoms with Crippen LogP contribution in [0.15, 0.2) is 61.2 Å². The molecule has 2 aromatic carbocycles. The minimum Gasteiger partial charge on any atom is -0.378 e. The average molecular weight is 551 g/mol. The third-order valence-electron chi connectivity index (χ3n) is 6.35. The van der Waals surface area contributed by atoms with Gasteiger partial charge in [0.1, 0.15) is 23.7 Å². The zero-order chi connectivity index (χ0) is 27.4. The van der Waals surface area contributed by atoms with Gasteiger partial charge >= 0.3 is 0 Å². The van der Waals surface area contributed by atoms with E-state index in [1.807, 2.05) is 17.9 Å². The van der Waals surface area contributed by atoms with Crippen molar-refractivity contribution in [3.05, 3.63) is 88.8 Å². The molecule has 0 saturated carbocycles. The lowest BCUT2D eigenvalue weighted by Gasteiger charge is -2.29. The van der Waals surface area contributed by atoms with Gasteiger partial charge in [0.15, 0.2) is 0 Å². The molecular weight excluding hydrogens is 523 g/mol. The standard InChI is InChI=1S/C27H28ClFN8O2/c1-17-14-31-27(33-20-5-6-21(29)24(12-20)36-7-9-39-10-8-36)35-25(17)37-15-23(32-16-37)26(38)34-22(13-30)18-3-2-4-19(28)11-18/h2-6,11-12,14-16,22H,7-10,13,30H2,1H3,(H,34,38)(H,31,33,35). The van der Waals surface area contributed by atoms with E-state index in [0.717, 1.165) is 11.1 Å². The Hall–Kier alpha value is -4.06. The van der Waals surface area contributed by atoms with E-state index in [9.17, 15) is 9.18 Å². The molecule has 0 aliphatic carbocycles. The minimum absolute atomic E-state index is 0.198. The molecule has 1 atom stereocenters. The van der Waals surface area contributed by atoms with Crippen molar-refractivity contribution in [2.75, 3.05) is 43.1 Å². The van der Waals surface area contributed by atoms with E-state index in [1.54, 1.807) is 47.3 Å². The van der Waals surface area contributed by atoms with Gasteiger partial charge in [0, 0.05) is 48.3 Å². The van der Waals surface area contributed by atoms with Crippen LogP contribution in [0.2, 0.25) is 5.02 Å². The zero-order valence-electron chi connectivity index (χ0n) is 21.3. The minimum atomic E-state index is -0.420. The molecule has 12 heteroatoms. The van der Waals surface area contributed by atoms with Gasteiger partial charge in [-0.2, -0.15) is 4.98 Å². The molecule has 2 aromatic heterocycles. The Kier molecular flexibility index (Phi) is 8.01. The summed E-state index contributed by atoms with van der Waals surface area (Å²) in [4.78, 5) is 28.1. The van der Waals surface area contributed by atoms with E-state index in [0.29, 0.717) is 54.5 Å². The lowest BCUT2D eigenvalue weighted by atomic mass is 10.1. The average Bonchev–Trinajstić information content (AvgIpc) is 3.44. The fraction of sp³-hybridized carbons (Fsp3) is 0.259. The van der Waals surface area contributed by atoms with Crippen molar-refractivity contribution in [2.24, 2.45) is 5.73 Å². The fourth-order valence-electron chi connectivity index (χ4n) is 4.31. The van der Waals surface area contributed by atoms with Gasteiger partial charge in [-0.25, -0.2) is 14.4 Å². The molecule has 0 spiro atoms. The summed E-state index contributed by atoms with van der Waals surface area (Å²) in [5, 5.41) is 6.61. The number of morpholine rings is 1. The SMILES string of the molecule is Cc1cnc(Nc2ccc(F)c(N3CCOCC3)c2)nc1-n1cnc(C(=O)NC(CN)c2cccc(Cl)c2)c1. The van der Waals surface area contributed by atoms with E-state index in [-0.39, 0.29) is 24.0 Å². The second kappa shape index (κ2) is 11.8. The van der Waals surface area contributed by atoms with E-state index >= 15 is 0 Å². The molecule has 5 rings (SSSR count). The molecular formula is C27H28ClFN8O2. The molecule has 202 valence electrons. The lowest BCUT2D eigenvalue weighted by Crippen LogP contribution is -2.36. The number of aromatic nitrogens is 4. The summed E-state index contributed by atoms with van der Waals surface area (Å²) in [6.45, 7) is 4.40. The number of hydrogen-bond acceptors (Lipinski definition) is 8. The summed E-state index contributed by atoms with van der Waals surface area (Å²) in [6, 6.07) is 11.5. The Balaban J connectivity index is 1.33. The third kappa shape index (κ3) is 6.17. The van der Waals surface area contributed by atoms with E-state index in [1.165, 1.54) is 12.4 Å². The Bertz CT molecular complexity index is 1470. The molecule has 1 amide bonds. The van der Waals surface area contributed by atoms with Gasteiger partial charge in [0.05, 0.1) is 24.9 Å². The molecule has 1 unspecified atom stereocenters. The number of rotatable bonds is 8. The fourth-order valence-corrected chi connectivity index (χ4v) is 4.51. The maximum atomic E-state index is 14.5. The number of hydrogen-bond donors (Lipinski definition) is 3. The third-order valence-corrected chi connectivity index (χ3v) is 6.59. The van der Waals surface area contributed by atoms with Crippen molar-refractivity contribution in [3.63, 3.8) is 0 Å². The highest BCUT2D eigenvalue weighted by molar-refractivity contribution is 6.30. The molecule has 1 aliphatic rings. The second-order valence-corrected chi connectivity index (χ2v) is 9.51. The van der Waals surface area contributed by atoms with Gasteiger partial charge in [0.2, 0.25) is 5.95 Å². The number of aryl methyl sites for hydroxylation is 1. The van der Waals surface area contributed by atoms with Gasteiger partial charge in [-0.3, -0.25) is 9.36 Å². The molecule has 0 radical (unpaired) electrons. The van der Waals surface area contributed by atoms with Crippen molar-refractivity contribution >= 4 is 34.8 Å². The van der Waals surface area contributed by atoms with Crippen LogP contribution in [0, 0.1) is 12.7 Å². The number of ether oxygens (including phenoxy) is 1. The molecule has 39 heavy (non-hydrogen) atoms. The van der Waals surface area contributed by atoms with Gasteiger partial charge in [-0.1, -0.05) is 23.7 Å². The van der Waals surface area contributed by atoms with Crippen LogP contribution >= 0.6 is 11.6 Å². The molecule has 4 N–H and O–H groups in total. The number of halogens is 2. The quantitative estimate of drug-likeness (QED) is 0.303. The Morgan fingerprint density at radius 1 is 1.21 bits per heavy atom. The summed E-state index contributed by atoms with van der Waals surface area (Å²) in [5.74, 6) is 0.180. The summed E-state index contributed by atoms with van der Waals surface area (Å²) in [5.41, 5.74) is 8.82. The molecule has 4 aromatic rings. The van der Waals surface area contributed by atoms with Gasteiger partial charge < -0.3 is 26.0 Å². The van der Waals surface area contributed by atoms with E-state index < -0.39 is 6.04 Å². The number of imidazole rings is 1. The first-order valence-corrected chi connectivity index (χ1v) is 12.8. The van der Waals surface area contributed by atoms with Crippen molar-refractivity contribution < 1.29 is 13.9 Å². The zero-order valence-corrected chi connectivity index (χ0v) is 22.0. The number of nitrogens with zero attached hydrogens (tertiary/aromatic N) is 5. The topological polar surface area (TPSA) is 123 Å². The smallest absolute Gasteiger partial charge is 0.272 e. The van der Waals surface area contributed by atoms with Crippen LogP contribution in [0.5, 0.6) is 0 Å². The first-order chi connectivity index (χ1) is 18.9. The predicted molar refractivity (Wildman–Crippen MR) is 147 cm³/mol. The monoisotopic (exact) mass is 550 g/mol. The second-order valence-electron chi connectivity index (χ2n) is 9.07. The van der Waals surface area contributed by atoms with Crippen molar-refractivity contribution in [1.82, 2.24) is 24.8 Å². The summed E-state index contributed by atoms with van der Waals surface area (Å²) >= 11 is 6.09. The molecule has 1 aliphatic heterocycles. The Labute approximate surface area is 230 Å². The van der Waals surface area contributed by atoms with Crippen molar-refractivity contribution in [3.8, 4) is 5.82 Å². The number of carbonyl (C=O) groups is 1. The van der Waals surface area contributed by atoms with Crippen LogP contribution in [0.3, 0.4) is 0 Å². The number of amides is 1. The highest BCUT2D eigenvalue weighted by Gasteiger charge is 2.19. The summed E-state index contributed by atoms with van der Waals surface area (Å²) in [6.07, 6.45) is 4.77. The molecule has 0 bridgehead atoms. The first-order valence-electron chi connectivity index (χ1n) is 12.4. The largest absolute Gasteiger partial charge is 0.378 e. The highest BCUT2D eigenvalue weighted by Crippen LogP contribution is 2.26. The number of carbonyl (C=O) groups excluding carboxylic acids is 1. The predicted octanol–water partition coefficient (Wildman–Crippen LogP) is 3.77. The summed E-state index contributed by atoms with van der Waals surface area (Å²) in [7, 11) is 0. The first kappa shape index (κ1) is 26.5. The van der Waals surface area contributed by atoms with Crippen LogP contribution in [0.1, 0.15) is 27.7 Å². The number of nitrogens with one attached hydrogen (secondary N) is 2. The molecule has 1 fully saturated rings. The summed E-state index contributed by atoms with van der Waals surface area (Å²) < 4.78 is 21.5. The van der Waals surface area contributed by atoms with Gasteiger partial charge in [-0.15, -0.1) is 0 Å². The van der Waals surface area contributed by atoms with Crippen LogP contribution in [0.25, 0.3) is 5.82 Å². The van der Waals surface area contributed by atoms with Gasteiger partial charge in [0.25, 0.3) is 5.91 Å². The maximum Gasteiger partial charge on any atom is 0.272 e. The Morgan fingerprint density at radius 3 is 2.79 bits per heavy atom. The number of nitrogens with two attached hydrogens (primary N) is 1. The van der Waals surface area contributed by atoms with Crippen molar-refractivity contribution in [1.29, 1.82) is 0 Å². The van der Waals surface area contributed by atoms with Crippen LogP contribution in [-0.2, 0) is 4.74 Å². The Morgan fingerprint density at radius 2 is 2.03 bits per heavy atom. The molecule has 1 saturated heterocycles.